The van der Waals surface area contributed by atoms with Crippen molar-refractivity contribution in [1.82, 2.24) is 0 Å². The van der Waals surface area contributed by atoms with Gasteiger partial charge in [-0.25, -0.2) is 0 Å². The van der Waals surface area contributed by atoms with Gasteiger partial charge in [0, 0.05) is 12.8 Å². The van der Waals surface area contributed by atoms with Gasteiger partial charge in [0.1, 0.15) is 31.0 Å². The van der Waals surface area contributed by atoms with E-state index in [-0.39, 0.29) is 26.1 Å². The predicted octanol–water partition coefficient (Wildman–Crippen LogP) is 8.77. The van der Waals surface area contributed by atoms with Gasteiger partial charge in [-0.2, -0.15) is 0 Å². The van der Waals surface area contributed by atoms with E-state index in [1.54, 1.807) is 0 Å². The van der Waals surface area contributed by atoms with E-state index < -0.39 is 55.4 Å². The van der Waals surface area contributed by atoms with Gasteiger partial charge in [-0.1, -0.05) is 130 Å². The summed E-state index contributed by atoms with van der Waals surface area (Å²) in [6.45, 7) is 3.09. The summed E-state index contributed by atoms with van der Waals surface area (Å²) in [5, 5.41) is 40.0. The first-order valence-corrected chi connectivity index (χ1v) is 21.3. The van der Waals surface area contributed by atoms with Crippen molar-refractivity contribution >= 4 is 11.9 Å². The maximum atomic E-state index is 12.7. The third-order valence-corrected chi connectivity index (χ3v) is 8.96. The molecule has 6 atom stereocenters. The van der Waals surface area contributed by atoms with E-state index in [2.05, 4.69) is 105 Å². The van der Waals surface area contributed by atoms with Crippen LogP contribution in [0.15, 0.2) is 97.2 Å². The van der Waals surface area contributed by atoms with Crippen LogP contribution in [0.1, 0.15) is 129 Å². The monoisotopic (exact) mass is 799 g/mol. The number of hydrogen-bond donors (Lipinski definition) is 4. The van der Waals surface area contributed by atoms with E-state index >= 15 is 0 Å². The van der Waals surface area contributed by atoms with Crippen LogP contribution in [0.2, 0.25) is 0 Å². The number of aliphatic hydroxyl groups excluding tert-OH is 4. The fourth-order valence-electron chi connectivity index (χ4n) is 5.65. The molecule has 0 saturated carbocycles. The minimum Gasteiger partial charge on any atom is -0.462 e. The third-order valence-electron chi connectivity index (χ3n) is 8.96. The summed E-state index contributed by atoms with van der Waals surface area (Å²) >= 11 is 0. The van der Waals surface area contributed by atoms with Crippen LogP contribution < -0.4 is 0 Å². The average molecular weight is 799 g/mol. The highest BCUT2D eigenvalue weighted by Crippen LogP contribution is 2.22. The lowest BCUT2D eigenvalue weighted by atomic mass is 9.99. The molecule has 1 fully saturated rings. The first kappa shape index (κ1) is 51.6. The molecule has 0 aromatic carbocycles. The van der Waals surface area contributed by atoms with E-state index in [4.69, 9.17) is 18.9 Å². The largest absolute Gasteiger partial charge is 0.462 e. The molecular formula is C47H74O10. The van der Waals surface area contributed by atoms with Gasteiger partial charge in [0.15, 0.2) is 12.4 Å². The molecule has 57 heavy (non-hydrogen) atoms. The molecule has 1 aliphatic rings. The summed E-state index contributed by atoms with van der Waals surface area (Å²) in [5.41, 5.74) is 0. The summed E-state index contributed by atoms with van der Waals surface area (Å²) in [5.74, 6) is -0.907. The zero-order valence-electron chi connectivity index (χ0n) is 34.8. The molecule has 0 spiro atoms. The van der Waals surface area contributed by atoms with Crippen LogP contribution in [-0.4, -0.2) is 89.0 Å². The predicted molar refractivity (Wildman–Crippen MR) is 228 cm³/mol. The van der Waals surface area contributed by atoms with Gasteiger partial charge in [-0.15, -0.1) is 0 Å². The summed E-state index contributed by atoms with van der Waals surface area (Å²) in [4.78, 5) is 25.3. The number of carbonyl (C=O) groups is 2. The number of esters is 2. The maximum Gasteiger partial charge on any atom is 0.306 e. The first-order chi connectivity index (χ1) is 27.8. The average Bonchev–Trinajstić information content (AvgIpc) is 3.21. The SMILES string of the molecule is CCC=CCC=CCC=CCC=CCC=CCCCC(=O)OCC(COC1OC(CO)C(O)C(O)C1O)OC(=O)CCCCCCCC=CCC=CCC=CCC. The van der Waals surface area contributed by atoms with Crippen molar-refractivity contribution in [2.75, 3.05) is 19.8 Å². The minimum atomic E-state index is -1.61. The fraction of sp³-hybridized carbons (Fsp3) is 0.617. The van der Waals surface area contributed by atoms with Gasteiger partial charge in [0.25, 0.3) is 0 Å². The molecule has 1 rings (SSSR count). The van der Waals surface area contributed by atoms with Crippen LogP contribution >= 0.6 is 0 Å². The van der Waals surface area contributed by atoms with Crippen LogP contribution in [0.3, 0.4) is 0 Å². The molecule has 10 nitrogen and oxygen atoms in total. The van der Waals surface area contributed by atoms with E-state index in [0.717, 1.165) is 83.5 Å². The number of hydrogen-bond acceptors (Lipinski definition) is 10. The van der Waals surface area contributed by atoms with Crippen molar-refractivity contribution in [2.45, 2.75) is 166 Å². The van der Waals surface area contributed by atoms with E-state index in [9.17, 15) is 30.0 Å². The van der Waals surface area contributed by atoms with Gasteiger partial charge in [-0.3, -0.25) is 9.59 Å². The van der Waals surface area contributed by atoms with Crippen LogP contribution in [-0.2, 0) is 28.5 Å². The van der Waals surface area contributed by atoms with E-state index in [1.165, 1.54) is 0 Å². The van der Waals surface area contributed by atoms with Crippen LogP contribution in [0, 0.1) is 0 Å². The van der Waals surface area contributed by atoms with Gasteiger partial charge in [-0.05, 0) is 83.5 Å². The Bertz CT molecular complexity index is 1240. The number of unbranched alkanes of at least 4 members (excludes halogenated alkanes) is 6. The molecule has 4 N–H and O–H groups in total. The summed E-state index contributed by atoms with van der Waals surface area (Å²) in [7, 11) is 0. The van der Waals surface area contributed by atoms with E-state index in [1.807, 2.05) is 6.08 Å². The second kappa shape index (κ2) is 36.9. The minimum absolute atomic E-state index is 0.187. The van der Waals surface area contributed by atoms with Crippen molar-refractivity contribution in [3.05, 3.63) is 97.2 Å². The molecule has 1 heterocycles. The Kier molecular flexibility index (Phi) is 33.5. The number of carbonyl (C=O) groups excluding carboxylic acids is 2. The van der Waals surface area contributed by atoms with Crippen molar-refractivity contribution in [1.29, 1.82) is 0 Å². The zero-order valence-corrected chi connectivity index (χ0v) is 34.8. The first-order valence-electron chi connectivity index (χ1n) is 21.3. The van der Waals surface area contributed by atoms with Crippen LogP contribution in [0.25, 0.3) is 0 Å². The summed E-state index contributed by atoms with van der Waals surface area (Å²) in [6.07, 6.45) is 41.3. The Balaban J connectivity index is 2.42. The molecule has 322 valence electrons. The normalized spacial score (nSPS) is 21.3. The van der Waals surface area contributed by atoms with Crippen molar-refractivity contribution in [3.8, 4) is 0 Å². The molecule has 0 aromatic heterocycles. The molecule has 0 aromatic rings. The Morgan fingerprint density at radius 1 is 0.544 bits per heavy atom. The molecule has 0 amide bonds. The summed E-state index contributed by atoms with van der Waals surface area (Å²) < 4.78 is 22.0. The Morgan fingerprint density at radius 2 is 1.00 bits per heavy atom. The molecule has 0 bridgehead atoms. The smallest absolute Gasteiger partial charge is 0.306 e. The number of aliphatic hydroxyl groups is 4. The Hall–Kier alpha value is -3.38. The Labute approximate surface area is 343 Å². The number of ether oxygens (including phenoxy) is 4. The molecule has 10 heteroatoms. The zero-order chi connectivity index (χ0) is 41.6. The van der Waals surface area contributed by atoms with Crippen LogP contribution in [0.4, 0.5) is 0 Å². The molecule has 0 aliphatic carbocycles. The number of allylic oxidation sites excluding steroid dienone is 16. The second-order valence-corrected chi connectivity index (χ2v) is 14.0. The second-order valence-electron chi connectivity index (χ2n) is 14.0. The van der Waals surface area contributed by atoms with Gasteiger partial charge >= 0.3 is 11.9 Å². The highest BCUT2D eigenvalue weighted by atomic mass is 16.7. The molecule has 6 unspecified atom stereocenters. The highest BCUT2D eigenvalue weighted by molar-refractivity contribution is 5.70. The molecular weight excluding hydrogens is 725 g/mol. The third kappa shape index (κ3) is 28.6. The molecule has 1 aliphatic heterocycles. The van der Waals surface area contributed by atoms with Gasteiger partial charge in [0.05, 0.1) is 13.2 Å². The lowest BCUT2D eigenvalue weighted by molar-refractivity contribution is -0.305. The fourth-order valence-corrected chi connectivity index (χ4v) is 5.65. The quantitative estimate of drug-likeness (QED) is 0.0288. The highest BCUT2D eigenvalue weighted by Gasteiger charge is 2.44. The lowest BCUT2D eigenvalue weighted by Crippen LogP contribution is -2.59. The molecule has 1 saturated heterocycles. The van der Waals surface area contributed by atoms with Crippen molar-refractivity contribution < 1.29 is 49.0 Å². The maximum absolute atomic E-state index is 12.7. The van der Waals surface area contributed by atoms with Crippen LogP contribution in [0.5, 0.6) is 0 Å². The summed E-state index contributed by atoms with van der Waals surface area (Å²) in [6, 6.07) is 0. The molecule has 0 radical (unpaired) electrons. The Morgan fingerprint density at radius 3 is 1.53 bits per heavy atom. The van der Waals surface area contributed by atoms with Crippen molar-refractivity contribution in [2.24, 2.45) is 0 Å². The van der Waals surface area contributed by atoms with Gasteiger partial charge in [0.2, 0.25) is 0 Å². The standard InChI is InChI=1S/C47H74O10/c1-3-5-7-9-11-13-15-17-19-20-22-23-25-27-29-31-33-35-42(49)54-38-40(39-55-47-46(53)45(52)44(51)41(37-48)57-47)56-43(50)36-34-32-30-28-26-24-21-18-16-14-12-10-8-6-4-2/h5-8,11-14,17-19,21-23,27,29,40-41,44-48,51-53H,3-4,9-10,15-16,20,24-26,28,30-39H2,1-2H3. The van der Waals surface area contributed by atoms with E-state index in [0.29, 0.717) is 19.3 Å². The van der Waals surface area contributed by atoms with Crippen molar-refractivity contribution in [3.63, 3.8) is 0 Å². The number of rotatable bonds is 33. The van der Waals surface area contributed by atoms with Gasteiger partial charge < -0.3 is 39.4 Å². The lowest BCUT2D eigenvalue weighted by Gasteiger charge is -2.39. The topological polar surface area (TPSA) is 152 Å².